The monoisotopic (exact) mass is 498 g/mol. The lowest BCUT2D eigenvalue weighted by atomic mass is 9.86. The summed E-state index contributed by atoms with van der Waals surface area (Å²) >= 11 is 6.18. The summed E-state index contributed by atoms with van der Waals surface area (Å²) in [4.78, 5) is 13.3. The minimum Gasteiger partial charge on any atom is -0.476 e. The third kappa shape index (κ3) is 4.76. The zero-order valence-corrected chi connectivity index (χ0v) is 21.1. The second-order valence-corrected chi connectivity index (χ2v) is 11.6. The van der Waals surface area contributed by atoms with Crippen molar-refractivity contribution >= 4 is 38.9 Å². The van der Waals surface area contributed by atoms with Crippen LogP contribution in [0.15, 0.2) is 71.6 Å². The molecule has 8 heteroatoms. The van der Waals surface area contributed by atoms with Gasteiger partial charge in [0.2, 0.25) is 0 Å². The standard InChI is InChI=1S/C26H27ClN2O4S/c1-17-10-12-19(15-21(17)27)28-25(30)24-16-29(34(31,32)20-8-6-5-7-9-20)22-14-18(26(2,3)4)11-13-23(22)33-24/h5-15,24H,16H2,1-4H3,(H,28,30). The molecule has 4 rings (SSSR count). The number of hydrogen-bond donors (Lipinski definition) is 1. The Morgan fingerprint density at radius 3 is 2.41 bits per heavy atom. The molecule has 0 saturated carbocycles. The van der Waals surface area contributed by atoms with Crippen LogP contribution in [0.3, 0.4) is 0 Å². The number of hydrogen-bond acceptors (Lipinski definition) is 4. The predicted octanol–water partition coefficient (Wildman–Crippen LogP) is 5.54. The first-order valence-electron chi connectivity index (χ1n) is 10.9. The Hall–Kier alpha value is -3.03. The molecule has 0 spiro atoms. The van der Waals surface area contributed by atoms with E-state index in [-0.39, 0.29) is 16.9 Å². The van der Waals surface area contributed by atoms with E-state index < -0.39 is 22.0 Å². The molecule has 1 N–H and O–H groups in total. The van der Waals surface area contributed by atoms with Crippen molar-refractivity contribution in [2.24, 2.45) is 0 Å². The maximum Gasteiger partial charge on any atom is 0.267 e. The molecule has 0 aliphatic carbocycles. The quantitative estimate of drug-likeness (QED) is 0.512. The fraction of sp³-hybridized carbons (Fsp3) is 0.269. The lowest BCUT2D eigenvalue weighted by Crippen LogP contribution is -2.49. The van der Waals surface area contributed by atoms with Crippen molar-refractivity contribution in [2.75, 3.05) is 16.2 Å². The van der Waals surface area contributed by atoms with E-state index in [9.17, 15) is 13.2 Å². The topological polar surface area (TPSA) is 75.7 Å². The van der Waals surface area contributed by atoms with E-state index >= 15 is 0 Å². The van der Waals surface area contributed by atoms with Crippen molar-refractivity contribution in [2.45, 2.75) is 44.1 Å². The van der Waals surface area contributed by atoms with E-state index in [1.165, 1.54) is 4.31 Å². The third-order valence-corrected chi connectivity index (χ3v) is 7.96. The van der Waals surface area contributed by atoms with Crippen LogP contribution in [0.2, 0.25) is 5.02 Å². The lowest BCUT2D eigenvalue weighted by molar-refractivity contribution is -0.122. The van der Waals surface area contributed by atoms with E-state index in [2.05, 4.69) is 26.1 Å². The van der Waals surface area contributed by atoms with Crippen molar-refractivity contribution in [3.63, 3.8) is 0 Å². The van der Waals surface area contributed by atoms with Crippen LogP contribution in [0.4, 0.5) is 11.4 Å². The van der Waals surface area contributed by atoms with E-state index in [1.54, 1.807) is 54.6 Å². The van der Waals surface area contributed by atoms with E-state index in [0.29, 0.717) is 22.1 Å². The first-order valence-corrected chi connectivity index (χ1v) is 12.7. The summed E-state index contributed by atoms with van der Waals surface area (Å²) in [6.07, 6.45) is -1.05. The van der Waals surface area contributed by atoms with Crippen LogP contribution >= 0.6 is 11.6 Å². The van der Waals surface area contributed by atoms with Crippen LogP contribution in [-0.2, 0) is 20.2 Å². The fourth-order valence-corrected chi connectivity index (χ4v) is 5.36. The molecular weight excluding hydrogens is 472 g/mol. The Morgan fingerprint density at radius 2 is 1.76 bits per heavy atom. The minimum absolute atomic E-state index is 0.147. The van der Waals surface area contributed by atoms with E-state index in [4.69, 9.17) is 16.3 Å². The molecule has 34 heavy (non-hydrogen) atoms. The van der Waals surface area contributed by atoms with Gasteiger partial charge in [0.05, 0.1) is 17.1 Å². The molecule has 178 valence electrons. The number of nitrogens with zero attached hydrogens (tertiary/aromatic N) is 1. The predicted molar refractivity (Wildman–Crippen MR) is 135 cm³/mol. The van der Waals surface area contributed by atoms with Crippen LogP contribution in [-0.4, -0.2) is 27.0 Å². The van der Waals surface area contributed by atoms with Crippen LogP contribution in [0.5, 0.6) is 5.75 Å². The van der Waals surface area contributed by atoms with Gasteiger partial charge in [-0.3, -0.25) is 9.10 Å². The molecule has 1 heterocycles. The second kappa shape index (κ2) is 8.96. The second-order valence-electron chi connectivity index (χ2n) is 9.34. The number of ether oxygens (including phenoxy) is 1. The summed E-state index contributed by atoms with van der Waals surface area (Å²) in [5.74, 6) is -0.125. The fourth-order valence-electron chi connectivity index (χ4n) is 3.70. The molecule has 1 aliphatic rings. The molecule has 1 atom stereocenters. The molecule has 1 aliphatic heterocycles. The number of carbonyl (C=O) groups is 1. The van der Waals surface area contributed by atoms with Gasteiger partial charge in [0.25, 0.3) is 15.9 Å². The number of rotatable bonds is 4. The smallest absolute Gasteiger partial charge is 0.267 e. The summed E-state index contributed by atoms with van der Waals surface area (Å²) in [6.45, 7) is 7.86. The van der Waals surface area contributed by atoms with E-state index in [0.717, 1.165) is 11.1 Å². The molecule has 6 nitrogen and oxygen atoms in total. The van der Waals surface area contributed by atoms with Crippen molar-refractivity contribution in [1.82, 2.24) is 0 Å². The lowest BCUT2D eigenvalue weighted by Gasteiger charge is -2.36. The molecule has 0 radical (unpaired) electrons. The summed E-state index contributed by atoms with van der Waals surface area (Å²) in [5.41, 5.74) is 2.57. The first-order chi connectivity index (χ1) is 16.0. The Kier molecular flexibility index (Phi) is 6.36. The maximum absolute atomic E-state index is 13.6. The highest BCUT2D eigenvalue weighted by Gasteiger charge is 2.38. The summed E-state index contributed by atoms with van der Waals surface area (Å²) in [7, 11) is -3.94. The number of sulfonamides is 1. The zero-order chi connectivity index (χ0) is 24.7. The Labute approximate surface area is 205 Å². The number of amides is 1. The van der Waals surface area contributed by atoms with Gasteiger partial charge in [0, 0.05) is 10.7 Å². The minimum atomic E-state index is -3.94. The van der Waals surface area contributed by atoms with Crippen molar-refractivity contribution < 1.29 is 17.9 Å². The molecule has 3 aromatic carbocycles. The van der Waals surface area contributed by atoms with Gasteiger partial charge in [-0.1, -0.05) is 62.7 Å². The van der Waals surface area contributed by atoms with Crippen molar-refractivity contribution in [3.8, 4) is 5.75 Å². The zero-order valence-electron chi connectivity index (χ0n) is 19.5. The van der Waals surface area contributed by atoms with Crippen LogP contribution < -0.4 is 14.4 Å². The average molecular weight is 499 g/mol. The number of carbonyl (C=O) groups excluding carboxylic acids is 1. The molecule has 0 saturated heterocycles. The first kappa shape index (κ1) is 24.1. The molecule has 1 unspecified atom stereocenters. The average Bonchev–Trinajstić information content (AvgIpc) is 2.80. The highest BCUT2D eigenvalue weighted by Crippen LogP contribution is 2.40. The van der Waals surface area contributed by atoms with Crippen molar-refractivity contribution in [1.29, 1.82) is 0 Å². The largest absolute Gasteiger partial charge is 0.476 e. The van der Waals surface area contributed by atoms with Gasteiger partial charge in [-0.15, -0.1) is 0 Å². The molecular formula is C26H27ClN2O4S. The summed E-state index contributed by atoms with van der Waals surface area (Å²) < 4.78 is 34.5. The number of halogens is 1. The molecule has 0 aromatic heterocycles. The number of anilines is 2. The SMILES string of the molecule is Cc1ccc(NC(=O)C2CN(S(=O)(=O)c3ccccc3)c3cc(C(C)(C)C)ccc3O2)cc1Cl. The molecule has 1 amide bonds. The van der Waals surface area contributed by atoms with Gasteiger partial charge >= 0.3 is 0 Å². The molecule has 0 fully saturated rings. The number of nitrogens with one attached hydrogen (secondary N) is 1. The summed E-state index contributed by atoms with van der Waals surface area (Å²) in [5, 5.41) is 3.31. The summed E-state index contributed by atoms with van der Waals surface area (Å²) in [6, 6.07) is 18.8. The van der Waals surface area contributed by atoms with Gasteiger partial charge in [-0.2, -0.15) is 0 Å². The van der Waals surface area contributed by atoms with Gasteiger partial charge in [-0.25, -0.2) is 8.42 Å². The van der Waals surface area contributed by atoms with Gasteiger partial charge in [0.1, 0.15) is 5.75 Å². The van der Waals surface area contributed by atoms with Gasteiger partial charge in [-0.05, 0) is 59.9 Å². The molecule has 0 bridgehead atoms. The third-order valence-electron chi connectivity index (χ3n) is 5.76. The van der Waals surface area contributed by atoms with E-state index in [1.807, 2.05) is 19.1 Å². The number of aryl methyl sites for hydroxylation is 1. The molecule has 3 aromatic rings. The maximum atomic E-state index is 13.6. The Balaban J connectivity index is 1.73. The Bertz CT molecular complexity index is 1330. The van der Waals surface area contributed by atoms with Gasteiger partial charge < -0.3 is 10.1 Å². The van der Waals surface area contributed by atoms with Crippen molar-refractivity contribution in [3.05, 3.63) is 82.9 Å². The number of benzene rings is 3. The van der Waals surface area contributed by atoms with Gasteiger partial charge in [0.15, 0.2) is 6.10 Å². The number of fused-ring (bicyclic) bond motifs is 1. The van der Waals surface area contributed by atoms with Crippen LogP contribution in [0.1, 0.15) is 31.9 Å². The van der Waals surface area contributed by atoms with Crippen LogP contribution in [0.25, 0.3) is 0 Å². The van der Waals surface area contributed by atoms with Crippen LogP contribution in [0, 0.1) is 6.92 Å². The normalized spacial score (nSPS) is 15.9. The Morgan fingerprint density at radius 1 is 1.06 bits per heavy atom. The highest BCUT2D eigenvalue weighted by molar-refractivity contribution is 7.92. The highest BCUT2D eigenvalue weighted by atomic mass is 35.5.